The minimum Gasteiger partial charge on any atom is -0.480 e. The van der Waals surface area contributed by atoms with Crippen molar-refractivity contribution >= 4 is 23.3 Å². The van der Waals surface area contributed by atoms with Gasteiger partial charge in [0.1, 0.15) is 11.0 Å². The lowest BCUT2D eigenvalue weighted by Crippen LogP contribution is -2.47. The van der Waals surface area contributed by atoms with Gasteiger partial charge in [0, 0.05) is 31.7 Å². The number of carbonyl (C=O) groups is 2. The number of carboxylic acids is 1. The predicted octanol–water partition coefficient (Wildman–Crippen LogP) is 1.48. The minimum atomic E-state index is -1.01. The van der Waals surface area contributed by atoms with Crippen LogP contribution in [0.15, 0.2) is 11.6 Å². The monoisotopic (exact) mass is 313 g/mol. The molecule has 1 fully saturated rings. The van der Waals surface area contributed by atoms with Gasteiger partial charge in [-0.05, 0) is 6.42 Å². The summed E-state index contributed by atoms with van der Waals surface area (Å²) in [5, 5.41) is 14.8. The highest BCUT2D eigenvalue weighted by atomic mass is 32.1. The third kappa shape index (κ3) is 3.51. The van der Waals surface area contributed by atoms with Gasteiger partial charge in [0.15, 0.2) is 0 Å². The van der Waals surface area contributed by atoms with E-state index in [4.69, 9.17) is 4.74 Å². The zero-order chi connectivity index (χ0) is 15.4. The van der Waals surface area contributed by atoms with Gasteiger partial charge in [-0.15, -0.1) is 11.3 Å². The maximum absolute atomic E-state index is 12.4. The Bertz CT molecular complexity index is 494. The average Bonchev–Trinajstić information content (AvgIpc) is 3.13. The molecule has 0 spiro atoms. The fourth-order valence-electron chi connectivity index (χ4n) is 2.40. The Labute approximate surface area is 126 Å². The number of nitrogens with one attached hydrogen (secondary N) is 1. The van der Waals surface area contributed by atoms with E-state index in [-0.39, 0.29) is 24.7 Å². The quantitative estimate of drug-likeness (QED) is 0.859. The molecule has 2 N–H and O–H groups in total. The summed E-state index contributed by atoms with van der Waals surface area (Å²) in [5.74, 6) is -1.01. The van der Waals surface area contributed by atoms with Crippen molar-refractivity contribution in [2.24, 2.45) is 0 Å². The van der Waals surface area contributed by atoms with Crippen LogP contribution in [0.25, 0.3) is 0 Å². The van der Waals surface area contributed by atoms with E-state index in [0.29, 0.717) is 12.8 Å². The van der Waals surface area contributed by atoms with Gasteiger partial charge in [0.25, 0.3) is 0 Å². The van der Waals surface area contributed by atoms with E-state index in [0.717, 1.165) is 5.01 Å². The van der Waals surface area contributed by atoms with Crippen LogP contribution in [0.3, 0.4) is 0 Å². The molecule has 3 atom stereocenters. The predicted molar refractivity (Wildman–Crippen MR) is 77.2 cm³/mol. The Morgan fingerprint density at radius 3 is 2.95 bits per heavy atom. The fraction of sp³-hybridized carbons (Fsp3) is 0.615. The summed E-state index contributed by atoms with van der Waals surface area (Å²) < 4.78 is 5.18. The molecule has 0 aromatic carbocycles. The number of amides is 2. The van der Waals surface area contributed by atoms with Gasteiger partial charge < -0.3 is 20.1 Å². The van der Waals surface area contributed by atoms with Crippen molar-refractivity contribution in [1.29, 1.82) is 0 Å². The SMILES string of the molecule is CCC(NC(=O)N1CC(OC)CC1C(=O)O)c1nccs1. The van der Waals surface area contributed by atoms with Crippen LogP contribution in [0.4, 0.5) is 4.79 Å². The number of urea groups is 1. The van der Waals surface area contributed by atoms with Crippen LogP contribution >= 0.6 is 11.3 Å². The molecule has 2 rings (SSSR count). The molecule has 1 aromatic heterocycles. The summed E-state index contributed by atoms with van der Waals surface area (Å²) >= 11 is 1.47. The highest BCUT2D eigenvalue weighted by Crippen LogP contribution is 2.23. The Morgan fingerprint density at radius 2 is 2.43 bits per heavy atom. The highest BCUT2D eigenvalue weighted by Gasteiger charge is 2.40. The van der Waals surface area contributed by atoms with E-state index in [2.05, 4.69) is 10.3 Å². The lowest BCUT2D eigenvalue weighted by Gasteiger charge is -2.24. The first-order chi connectivity index (χ1) is 10.1. The molecule has 1 saturated heterocycles. The molecule has 0 aliphatic carbocycles. The van der Waals surface area contributed by atoms with Gasteiger partial charge in [-0.2, -0.15) is 0 Å². The summed E-state index contributed by atoms with van der Waals surface area (Å²) in [6, 6.07) is -1.43. The second-order valence-electron chi connectivity index (χ2n) is 4.88. The van der Waals surface area contributed by atoms with Crippen molar-refractivity contribution in [1.82, 2.24) is 15.2 Å². The minimum absolute atomic E-state index is 0.200. The Morgan fingerprint density at radius 1 is 1.67 bits per heavy atom. The maximum atomic E-state index is 12.4. The fourth-order valence-corrected chi connectivity index (χ4v) is 3.18. The highest BCUT2D eigenvalue weighted by molar-refractivity contribution is 7.09. The van der Waals surface area contributed by atoms with Crippen LogP contribution in [-0.4, -0.2) is 52.8 Å². The van der Waals surface area contributed by atoms with Gasteiger partial charge in [-0.1, -0.05) is 6.92 Å². The van der Waals surface area contributed by atoms with Crippen molar-refractivity contribution in [2.75, 3.05) is 13.7 Å². The molecule has 1 aliphatic rings. The summed E-state index contributed by atoms with van der Waals surface area (Å²) in [4.78, 5) is 29.2. The number of likely N-dealkylation sites (tertiary alicyclic amines) is 1. The Kier molecular flexibility index (Phi) is 5.13. The molecule has 21 heavy (non-hydrogen) atoms. The van der Waals surface area contributed by atoms with Crippen molar-refractivity contribution in [3.05, 3.63) is 16.6 Å². The standard InChI is InChI=1S/C13H19N3O4S/c1-3-9(11-14-4-5-21-11)15-13(19)16-7-8(20-2)6-10(16)12(17)18/h4-5,8-10H,3,6-7H2,1-2H3,(H,15,19)(H,17,18). The zero-order valence-electron chi connectivity index (χ0n) is 12.0. The number of carbonyl (C=O) groups excluding carboxylic acids is 1. The number of rotatable bonds is 5. The molecule has 0 radical (unpaired) electrons. The number of aromatic nitrogens is 1. The van der Waals surface area contributed by atoms with Gasteiger partial charge in [0.2, 0.25) is 0 Å². The first-order valence-electron chi connectivity index (χ1n) is 6.78. The van der Waals surface area contributed by atoms with E-state index >= 15 is 0 Å². The van der Waals surface area contributed by atoms with Gasteiger partial charge >= 0.3 is 12.0 Å². The molecule has 7 nitrogen and oxygen atoms in total. The normalized spacial score (nSPS) is 23.0. The molecule has 2 amide bonds. The molecule has 1 aliphatic heterocycles. The largest absolute Gasteiger partial charge is 0.480 e. The van der Waals surface area contributed by atoms with Crippen LogP contribution < -0.4 is 5.32 Å². The number of nitrogens with zero attached hydrogens (tertiary/aromatic N) is 2. The topological polar surface area (TPSA) is 91.8 Å². The lowest BCUT2D eigenvalue weighted by molar-refractivity contribution is -0.141. The van der Waals surface area contributed by atoms with Gasteiger partial charge in [-0.25, -0.2) is 14.6 Å². The summed E-state index contributed by atoms with van der Waals surface area (Å²) in [7, 11) is 1.52. The van der Waals surface area contributed by atoms with Crippen LogP contribution in [0, 0.1) is 0 Å². The van der Waals surface area contributed by atoms with Gasteiger partial charge in [-0.3, -0.25) is 0 Å². The van der Waals surface area contributed by atoms with Crippen LogP contribution in [0.1, 0.15) is 30.8 Å². The Balaban J connectivity index is 2.06. The molecule has 3 unspecified atom stereocenters. The van der Waals surface area contributed by atoms with E-state index < -0.39 is 12.0 Å². The van der Waals surface area contributed by atoms with Gasteiger partial charge in [0.05, 0.1) is 12.1 Å². The zero-order valence-corrected chi connectivity index (χ0v) is 12.8. The summed E-state index contributed by atoms with van der Waals surface area (Å²) in [6.45, 7) is 2.23. The van der Waals surface area contributed by atoms with E-state index in [1.54, 1.807) is 6.20 Å². The number of carboxylic acid groups (broad SMARTS) is 1. The maximum Gasteiger partial charge on any atom is 0.326 e. The number of hydrogen-bond acceptors (Lipinski definition) is 5. The third-order valence-electron chi connectivity index (χ3n) is 3.60. The van der Waals surface area contributed by atoms with Crippen LogP contribution in [-0.2, 0) is 9.53 Å². The molecular formula is C13H19N3O4S. The third-order valence-corrected chi connectivity index (χ3v) is 4.49. The summed E-state index contributed by atoms with van der Waals surface area (Å²) in [5.41, 5.74) is 0. The average molecular weight is 313 g/mol. The molecule has 1 aromatic rings. The van der Waals surface area contributed by atoms with Crippen LogP contribution in [0.5, 0.6) is 0 Å². The first-order valence-corrected chi connectivity index (χ1v) is 7.66. The Hall–Kier alpha value is -1.67. The lowest BCUT2D eigenvalue weighted by atomic mass is 10.2. The number of methoxy groups -OCH3 is 1. The van der Waals surface area contributed by atoms with E-state index in [1.807, 2.05) is 12.3 Å². The van der Waals surface area contributed by atoms with E-state index in [1.165, 1.54) is 23.3 Å². The van der Waals surface area contributed by atoms with Crippen molar-refractivity contribution in [2.45, 2.75) is 38.0 Å². The summed E-state index contributed by atoms with van der Waals surface area (Å²) in [6.07, 6.45) is 2.45. The van der Waals surface area contributed by atoms with Crippen molar-refractivity contribution < 1.29 is 19.4 Å². The van der Waals surface area contributed by atoms with Crippen molar-refractivity contribution in [3.8, 4) is 0 Å². The number of aliphatic carboxylic acids is 1. The molecular weight excluding hydrogens is 294 g/mol. The smallest absolute Gasteiger partial charge is 0.326 e. The van der Waals surface area contributed by atoms with Crippen molar-refractivity contribution in [3.63, 3.8) is 0 Å². The molecule has 8 heteroatoms. The molecule has 116 valence electrons. The van der Waals surface area contributed by atoms with Crippen LogP contribution in [0.2, 0.25) is 0 Å². The van der Waals surface area contributed by atoms with E-state index in [9.17, 15) is 14.7 Å². The second-order valence-corrected chi connectivity index (χ2v) is 5.81. The number of ether oxygens (including phenoxy) is 1. The molecule has 0 bridgehead atoms. The molecule has 0 saturated carbocycles. The second kappa shape index (κ2) is 6.86. The number of hydrogen-bond donors (Lipinski definition) is 2. The molecule has 2 heterocycles. The number of thiazole rings is 1. The first kappa shape index (κ1) is 15.7.